The number of ether oxygens (including phenoxy) is 1. The lowest BCUT2D eigenvalue weighted by molar-refractivity contribution is 0.176. The number of aliphatic hydroxyl groups excluding tert-OH is 1. The van der Waals surface area contributed by atoms with Crippen LogP contribution in [0.2, 0.25) is 0 Å². The van der Waals surface area contributed by atoms with Gasteiger partial charge in [-0.2, -0.15) is 0 Å². The molecule has 0 spiro atoms. The van der Waals surface area contributed by atoms with Gasteiger partial charge < -0.3 is 9.84 Å². The monoisotopic (exact) mass is 461 g/mol. The molecule has 1 N–H and O–H groups in total. The van der Waals surface area contributed by atoms with Crippen molar-refractivity contribution in [3.8, 4) is 5.75 Å². The van der Waals surface area contributed by atoms with Gasteiger partial charge in [-0.1, -0.05) is 15.9 Å². The first-order valence-electron chi connectivity index (χ1n) is 6.56. The van der Waals surface area contributed by atoms with E-state index in [1.165, 1.54) is 0 Å². The van der Waals surface area contributed by atoms with Crippen LogP contribution in [0.1, 0.15) is 28.5 Å². The summed E-state index contributed by atoms with van der Waals surface area (Å²) in [7, 11) is 1.66. The van der Waals surface area contributed by atoms with Gasteiger partial charge in [-0.15, -0.1) is 0 Å². The van der Waals surface area contributed by atoms with Crippen molar-refractivity contribution in [1.29, 1.82) is 0 Å². The molecule has 1 unspecified atom stereocenters. The Morgan fingerprint density at radius 3 is 2.76 bits per heavy atom. The molecular weight excluding hydrogens is 445 g/mol. The third-order valence-corrected chi connectivity index (χ3v) is 4.85. The lowest BCUT2D eigenvalue weighted by Crippen LogP contribution is -2.07. The number of methoxy groups -OCH3 is 1. The molecule has 5 heteroatoms. The maximum Gasteiger partial charge on any atom is 0.128 e. The van der Waals surface area contributed by atoms with Gasteiger partial charge in [-0.25, -0.2) is 0 Å². The minimum Gasteiger partial charge on any atom is -0.496 e. The number of pyridine rings is 1. The highest BCUT2D eigenvalue weighted by molar-refractivity contribution is 14.1. The number of hydrogen-bond acceptors (Lipinski definition) is 3. The minimum absolute atomic E-state index is 0.459. The summed E-state index contributed by atoms with van der Waals surface area (Å²) >= 11 is 5.74. The van der Waals surface area contributed by atoms with Gasteiger partial charge in [-0.05, 0) is 60.2 Å². The molecule has 2 rings (SSSR count). The first-order valence-corrected chi connectivity index (χ1v) is 8.43. The Labute approximate surface area is 147 Å². The molecule has 0 fully saturated rings. The number of nitrogens with zero attached hydrogens (tertiary/aromatic N) is 1. The molecule has 0 aliphatic heterocycles. The SMILES string of the molecule is COc1c(C)cnc(CC(O)c2cc(I)ccc2Br)c1C. The Morgan fingerprint density at radius 1 is 1.38 bits per heavy atom. The Bertz CT molecular complexity index is 661. The Morgan fingerprint density at radius 2 is 2.10 bits per heavy atom. The zero-order valence-electron chi connectivity index (χ0n) is 12.2. The van der Waals surface area contributed by atoms with Crippen LogP contribution in [0.25, 0.3) is 0 Å². The number of hydrogen-bond donors (Lipinski definition) is 1. The van der Waals surface area contributed by atoms with Gasteiger partial charge in [0.15, 0.2) is 0 Å². The summed E-state index contributed by atoms with van der Waals surface area (Å²) in [6, 6.07) is 5.94. The smallest absolute Gasteiger partial charge is 0.128 e. The maximum absolute atomic E-state index is 10.5. The number of aliphatic hydroxyl groups is 1. The van der Waals surface area contributed by atoms with Gasteiger partial charge >= 0.3 is 0 Å². The van der Waals surface area contributed by atoms with Crippen molar-refractivity contribution in [2.45, 2.75) is 26.4 Å². The molecule has 112 valence electrons. The van der Waals surface area contributed by atoms with Crippen LogP contribution in [-0.4, -0.2) is 17.2 Å². The second-order valence-corrected chi connectivity index (χ2v) is 7.03. The molecule has 21 heavy (non-hydrogen) atoms. The predicted octanol–water partition coefficient (Wildman–Crippen LogP) is 4.35. The van der Waals surface area contributed by atoms with Crippen LogP contribution < -0.4 is 4.74 Å². The summed E-state index contributed by atoms with van der Waals surface area (Å²) in [5, 5.41) is 10.5. The van der Waals surface area contributed by atoms with Crippen LogP contribution in [-0.2, 0) is 6.42 Å². The summed E-state index contributed by atoms with van der Waals surface area (Å²) < 4.78 is 7.42. The van der Waals surface area contributed by atoms with Crippen LogP contribution in [0.4, 0.5) is 0 Å². The van der Waals surface area contributed by atoms with E-state index in [4.69, 9.17) is 4.74 Å². The van der Waals surface area contributed by atoms with Crippen molar-refractivity contribution >= 4 is 38.5 Å². The molecule has 1 atom stereocenters. The molecule has 1 aromatic heterocycles. The Kier molecular flexibility index (Phi) is 5.62. The molecule has 0 bridgehead atoms. The van der Waals surface area contributed by atoms with E-state index in [9.17, 15) is 5.11 Å². The molecule has 2 aromatic rings. The third-order valence-electron chi connectivity index (χ3n) is 3.45. The van der Waals surface area contributed by atoms with Crippen LogP contribution >= 0.6 is 38.5 Å². The molecule has 0 aliphatic carbocycles. The number of aryl methyl sites for hydroxylation is 1. The molecule has 0 radical (unpaired) electrons. The molecule has 0 saturated carbocycles. The predicted molar refractivity (Wildman–Crippen MR) is 95.8 cm³/mol. The van der Waals surface area contributed by atoms with Crippen molar-refractivity contribution in [3.05, 3.63) is 54.8 Å². The van der Waals surface area contributed by atoms with Crippen molar-refractivity contribution in [1.82, 2.24) is 4.98 Å². The van der Waals surface area contributed by atoms with E-state index in [0.29, 0.717) is 6.42 Å². The van der Waals surface area contributed by atoms with Crippen molar-refractivity contribution < 1.29 is 9.84 Å². The topological polar surface area (TPSA) is 42.4 Å². The van der Waals surface area contributed by atoms with Gasteiger partial charge in [0.05, 0.1) is 13.2 Å². The maximum atomic E-state index is 10.5. The minimum atomic E-state index is -0.604. The van der Waals surface area contributed by atoms with E-state index in [-0.39, 0.29) is 0 Å². The summed E-state index contributed by atoms with van der Waals surface area (Å²) in [4.78, 5) is 4.45. The molecule has 1 heterocycles. The van der Waals surface area contributed by atoms with Crippen molar-refractivity contribution in [3.63, 3.8) is 0 Å². The zero-order valence-corrected chi connectivity index (χ0v) is 15.9. The van der Waals surface area contributed by atoms with Crippen LogP contribution in [0.3, 0.4) is 0 Å². The van der Waals surface area contributed by atoms with Crippen LogP contribution in [0.5, 0.6) is 5.75 Å². The highest BCUT2D eigenvalue weighted by Gasteiger charge is 2.17. The fourth-order valence-electron chi connectivity index (χ4n) is 2.34. The largest absolute Gasteiger partial charge is 0.496 e. The normalized spacial score (nSPS) is 12.3. The molecular formula is C16H17BrINO2. The van der Waals surface area contributed by atoms with Gasteiger partial charge in [0, 0.05) is 37.5 Å². The summed E-state index contributed by atoms with van der Waals surface area (Å²) in [6.45, 7) is 3.94. The summed E-state index contributed by atoms with van der Waals surface area (Å²) in [5.41, 5.74) is 3.72. The fraction of sp³-hybridized carbons (Fsp3) is 0.312. The van der Waals surface area contributed by atoms with Crippen LogP contribution in [0.15, 0.2) is 28.9 Å². The van der Waals surface area contributed by atoms with E-state index in [1.54, 1.807) is 13.3 Å². The highest BCUT2D eigenvalue weighted by atomic mass is 127. The van der Waals surface area contributed by atoms with E-state index < -0.39 is 6.10 Å². The Balaban J connectivity index is 2.32. The molecule has 0 saturated heterocycles. The van der Waals surface area contributed by atoms with E-state index in [2.05, 4.69) is 43.5 Å². The second kappa shape index (κ2) is 7.07. The average molecular weight is 462 g/mol. The summed E-state index contributed by atoms with van der Waals surface area (Å²) in [6.07, 6.45) is 1.64. The first kappa shape index (κ1) is 16.7. The Hall–Kier alpha value is -0.660. The van der Waals surface area contributed by atoms with Crippen LogP contribution in [0, 0.1) is 17.4 Å². The van der Waals surface area contributed by atoms with E-state index >= 15 is 0 Å². The number of aromatic nitrogens is 1. The van der Waals surface area contributed by atoms with Crippen molar-refractivity contribution in [2.24, 2.45) is 0 Å². The fourth-order valence-corrected chi connectivity index (χ4v) is 3.37. The molecule has 3 nitrogen and oxygen atoms in total. The number of rotatable bonds is 4. The number of benzene rings is 1. The lowest BCUT2D eigenvalue weighted by atomic mass is 10.0. The lowest BCUT2D eigenvalue weighted by Gasteiger charge is -2.16. The average Bonchev–Trinajstić information content (AvgIpc) is 2.45. The second-order valence-electron chi connectivity index (χ2n) is 4.93. The van der Waals surface area contributed by atoms with Gasteiger partial charge in [0.2, 0.25) is 0 Å². The van der Waals surface area contributed by atoms with Crippen molar-refractivity contribution in [2.75, 3.05) is 7.11 Å². The van der Waals surface area contributed by atoms with Gasteiger partial charge in [0.1, 0.15) is 5.75 Å². The number of halogens is 2. The first-order chi connectivity index (χ1) is 9.93. The van der Waals surface area contributed by atoms with Gasteiger partial charge in [0.25, 0.3) is 0 Å². The zero-order chi connectivity index (χ0) is 15.6. The standard InChI is InChI=1S/C16H17BrINO2/c1-9-8-19-14(10(2)16(9)21-3)7-15(20)12-6-11(18)4-5-13(12)17/h4-6,8,15,20H,7H2,1-3H3. The quantitative estimate of drug-likeness (QED) is 0.688. The highest BCUT2D eigenvalue weighted by Crippen LogP contribution is 2.30. The molecule has 0 aliphatic rings. The van der Waals surface area contributed by atoms with E-state index in [1.807, 2.05) is 32.0 Å². The third kappa shape index (κ3) is 3.76. The molecule has 1 aromatic carbocycles. The summed E-state index contributed by atoms with van der Waals surface area (Å²) in [5.74, 6) is 0.842. The van der Waals surface area contributed by atoms with Gasteiger partial charge in [-0.3, -0.25) is 4.98 Å². The van der Waals surface area contributed by atoms with E-state index in [0.717, 1.165) is 36.2 Å². The molecule has 0 amide bonds.